The van der Waals surface area contributed by atoms with Crippen molar-refractivity contribution < 1.29 is 24.5 Å². The Kier molecular flexibility index (Phi) is 6.77. The van der Waals surface area contributed by atoms with E-state index < -0.39 is 24.5 Å². The summed E-state index contributed by atoms with van der Waals surface area (Å²) in [7, 11) is 5.28. The summed E-state index contributed by atoms with van der Waals surface area (Å²) in [6.45, 7) is 1.29. The van der Waals surface area contributed by atoms with Crippen LogP contribution in [0.5, 0.6) is 5.75 Å². The van der Waals surface area contributed by atoms with E-state index in [2.05, 4.69) is 20.3 Å². The third kappa shape index (κ3) is 4.45. The summed E-state index contributed by atoms with van der Waals surface area (Å²) in [4.78, 5) is 27.6. The molecule has 1 amide bonds. The number of hydrogen-bond donors (Lipinski definition) is 3. The first-order chi connectivity index (χ1) is 16.3. The average molecular weight is 469 g/mol. The maximum Gasteiger partial charge on any atom is 0.247 e. The van der Waals surface area contributed by atoms with Crippen LogP contribution in [0.1, 0.15) is 18.7 Å². The summed E-state index contributed by atoms with van der Waals surface area (Å²) in [5.41, 5.74) is 2.29. The number of benzene rings is 1. The lowest BCUT2D eigenvalue weighted by atomic mass is 10.1. The summed E-state index contributed by atoms with van der Waals surface area (Å²) in [6.07, 6.45) is 1.78. The largest absolute Gasteiger partial charge is 0.497 e. The summed E-state index contributed by atoms with van der Waals surface area (Å²) >= 11 is 0. The Hall–Kier alpha value is -3.54. The normalized spacial score (nSPS) is 22.7. The first-order valence-electron chi connectivity index (χ1n) is 10.8. The van der Waals surface area contributed by atoms with Gasteiger partial charge in [-0.3, -0.25) is 9.36 Å². The van der Waals surface area contributed by atoms with Gasteiger partial charge in [0.1, 0.15) is 24.3 Å². The van der Waals surface area contributed by atoms with Gasteiger partial charge in [0.25, 0.3) is 0 Å². The number of aliphatic hydroxyl groups excluding tert-OH is 2. The Balaban J connectivity index is 1.54. The molecule has 3 heterocycles. The fourth-order valence-electron chi connectivity index (χ4n) is 3.94. The third-order valence-electron chi connectivity index (χ3n) is 5.75. The molecule has 0 bridgehead atoms. The number of aromatic nitrogens is 4. The van der Waals surface area contributed by atoms with Crippen LogP contribution in [-0.4, -0.2) is 81.7 Å². The van der Waals surface area contributed by atoms with E-state index in [1.165, 1.54) is 12.7 Å². The number of amides is 1. The quantitative estimate of drug-likeness (QED) is 0.429. The highest BCUT2D eigenvalue weighted by molar-refractivity contribution is 5.97. The first kappa shape index (κ1) is 23.6. The predicted molar refractivity (Wildman–Crippen MR) is 125 cm³/mol. The first-order valence-corrected chi connectivity index (χ1v) is 10.8. The molecule has 2 aromatic heterocycles. The van der Waals surface area contributed by atoms with Crippen LogP contribution in [0.2, 0.25) is 0 Å². The van der Waals surface area contributed by atoms with E-state index in [4.69, 9.17) is 9.47 Å². The monoisotopic (exact) mass is 468 g/mol. The number of aliphatic hydroxyl groups is 2. The van der Waals surface area contributed by atoms with Gasteiger partial charge in [0.15, 0.2) is 23.2 Å². The van der Waals surface area contributed by atoms with Crippen molar-refractivity contribution in [3.05, 3.63) is 48.1 Å². The number of carbonyl (C=O) groups is 1. The van der Waals surface area contributed by atoms with Crippen LogP contribution in [0, 0.1) is 0 Å². The standard InChI is InChI=1S/C23H28N6O5/c1-13(9-14-5-7-15(33-4)8-6-14)22(32)27-17-16(10-30)34-23(19(17)31)29-12-26-18-20(28(2)3)24-11-25-21(18)29/h5-9,11-12,16-17,19,23,30-31H,10H2,1-4H3,(H,27,32)/b13-9+/t16-,17-,19?,23-/m1/s1. The number of rotatable bonds is 7. The van der Waals surface area contributed by atoms with Crippen molar-refractivity contribution in [1.82, 2.24) is 24.8 Å². The van der Waals surface area contributed by atoms with Gasteiger partial charge in [-0.2, -0.15) is 0 Å². The molecule has 1 aromatic carbocycles. The lowest BCUT2D eigenvalue weighted by Gasteiger charge is -2.21. The summed E-state index contributed by atoms with van der Waals surface area (Å²) < 4.78 is 12.7. The Morgan fingerprint density at radius 1 is 1.26 bits per heavy atom. The molecule has 0 spiro atoms. The minimum Gasteiger partial charge on any atom is -0.497 e. The Morgan fingerprint density at radius 3 is 2.65 bits per heavy atom. The fraction of sp³-hybridized carbons (Fsp3) is 0.391. The lowest BCUT2D eigenvalue weighted by Crippen LogP contribution is -2.48. The molecule has 4 atom stereocenters. The molecule has 3 N–H and O–H groups in total. The van der Waals surface area contributed by atoms with Gasteiger partial charge < -0.3 is 29.9 Å². The summed E-state index contributed by atoms with van der Waals surface area (Å²) in [6, 6.07) is 6.44. The van der Waals surface area contributed by atoms with Gasteiger partial charge in [-0.1, -0.05) is 12.1 Å². The SMILES string of the molecule is COc1ccc(/C=C(\C)C(=O)N[C@H]2C(O)[C@H](n3cnc4c(N(C)C)ncnc43)O[C@@H]2CO)cc1. The van der Waals surface area contributed by atoms with Gasteiger partial charge >= 0.3 is 0 Å². The number of hydrogen-bond acceptors (Lipinski definition) is 9. The molecule has 0 aliphatic carbocycles. The number of methoxy groups -OCH3 is 1. The van der Waals surface area contributed by atoms with Gasteiger partial charge in [-0.05, 0) is 30.7 Å². The van der Waals surface area contributed by atoms with Crippen LogP contribution in [0.25, 0.3) is 17.2 Å². The van der Waals surface area contributed by atoms with E-state index in [1.54, 1.807) is 36.8 Å². The van der Waals surface area contributed by atoms with E-state index in [0.717, 1.165) is 11.3 Å². The minimum atomic E-state index is -1.15. The van der Waals surface area contributed by atoms with Crippen molar-refractivity contribution in [3.8, 4) is 5.75 Å². The third-order valence-corrected chi connectivity index (χ3v) is 5.75. The molecule has 0 saturated carbocycles. The molecule has 1 aliphatic heterocycles. The van der Waals surface area contributed by atoms with Crippen LogP contribution in [0.3, 0.4) is 0 Å². The highest BCUT2D eigenvalue weighted by atomic mass is 16.5. The number of nitrogens with one attached hydrogen (secondary N) is 1. The number of carbonyl (C=O) groups excluding carboxylic acids is 1. The zero-order chi connectivity index (χ0) is 24.4. The molecule has 0 radical (unpaired) electrons. The van der Waals surface area contributed by atoms with Gasteiger partial charge in [-0.15, -0.1) is 0 Å². The molecule has 4 rings (SSSR count). The molecule has 1 fully saturated rings. The zero-order valence-electron chi connectivity index (χ0n) is 19.4. The van der Waals surface area contributed by atoms with E-state index >= 15 is 0 Å². The smallest absolute Gasteiger partial charge is 0.247 e. The lowest BCUT2D eigenvalue weighted by molar-refractivity contribution is -0.119. The van der Waals surface area contributed by atoms with Crippen molar-refractivity contribution in [1.29, 1.82) is 0 Å². The van der Waals surface area contributed by atoms with E-state index in [9.17, 15) is 15.0 Å². The molecule has 180 valence electrons. The van der Waals surface area contributed by atoms with Gasteiger partial charge in [0.2, 0.25) is 5.91 Å². The molecule has 11 nitrogen and oxygen atoms in total. The Bertz CT molecular complexity index is 1190. The maximum atomic E-state index is 12.9. The number of nitrogens with zero attached hydrogens (tertiary/aromatic N) is 5. The summed E-state index contributed by atoms with van der Waals surface area (Å²) in [5, 5.41) is 23.7. The molecule has 1 unspecified atom stereocenters. The van der Waals surface area contributed by atoms with Crippen LogP contribution < -0.4 is 15.0 Å². The Morgan fingerprint density at radius 2 is 2.00 bits per heavy atom. The molecular formula is C23H28N6O5. The second-order valence-electron chi connectivity index (χ2n) is 8.25. The molecule has 1 saturated heterocycles. The maximum absolute atomic E-state index is 12.9. The summed E-state index contributed by atoms with van der Waals surface area (Å²) in [5.74, 6) is 0.965. The van der Waals surface area contributed by atoms with Crippen molar-refractivity contribution in [3.63, 3.8) is 0 Å². The molecule has 11 heteroatoms. The van der Waals surface area contributed by atoms with Crippen LogP contribution in [0.4, 0.5) is 5.82 Å². The highest BCUT2D eigenvalue weighted by Gasteiger charge is 2.45. The van der Waals surface area contributed by atoms with Gasteiger partial charge in [-0.25, -0.2) is 15.0 Å². The predicted octanol–water partition coefficient (Wildman–Crippen LogP) is 0.740. The topological polar surface area (TPSA) is 135 Å². The van der Waals surface area contributed by atoms with Crippen molar-refractivity contribution >= 4 is 29.0 Å². The van der Waals surface area contributed by atoms with Crippen LogP contribution in [0.15, 0.2) is 42.5 Å². The van der Waals surface area contributed by atoms with E-state index in [0.29, 0.717) is 22.6 Å². The van der Waals surface area contributed by atoms with Gasteiger partial charge in [0.05, 0.1) is 26.1 Å². The zero-order valence-corrected chi connectivity index (χ0v) is 19.4. The van der Waals surface area contributed by atoms with Gasteiger partial charge in [0, 0.05) is 19.7 Å². The second-order valence-corrected chi connectivity index (χ2v) is 8.25. The van der Waals surface area contributed by atoms with Crippen LogP contribution in [-0.2, 0) is 9.53 Å². The minimum absolute atomic E-state index is 0.379. The molecule has 3 aromatic rings. The fourth-order valence-corrected chi connectivity index (χ4v) is 3.94. The number of imidazole rings is 1. The Labute approximate surface area is 196 Å². The number of fused-ring (bicyclic) bond motifs is 1. The molecule has 34 heavy (non-hydrogen) atoms. The molecule has 1 aliphatic rings. The number of anilines is 1. The second kappa shape index (κ2) is 9.75. The van der Waals surface area contributed by atoms with Crippen molar-refractivity contribution in [2.24, 2.45) is 0 Å². The van der Waals surface area contributed by atoms with Crippen molar-refractivity contribution in [2.45, 2.75) is 31.4 Å². The average Bonchev–Trinajstić information content (AvgIpc) is 3.40. The van der Waals surface area contributed by atoms with Crippen molar-refractivity contribution in [2.75, 3.05) is 32.7 Å². The van der Waals surface area contributed by atoms with Crippen LogP contribution >= 0.6 is 0 Å². The molecular weight excluding hydrogens is 440 g/mol. The van der Waals surface area contributed by atoms with E-state index in [1.807, 2.05) is 31.1 Å². The van der Waals surface area contributed by atoms with E-state index in [-0.39, 0.29) is 12.5 Å². The highest BCUT2D eigenvalue weighted by Crippen LogP contribution is 2.32. The number of ether oxygens (including phenoxy) is 2.